The molecule has 0 unspecified atom stereocenters. The van der Waals surface area contributed by atoms with Gasteiger partial charge in [0.05, 0.1) is 0 Å². The second-order valence-electron chi connectivity index (χ2n) is 1.10. The Morgan fingerprint density at radius 3 is 2.57 bits per heavy atom. The molecule has 1 nitrogen and oxygen atoms in total. The molecule has 0 aromatic heterocycles. The van der Waals surface area contributed by atoms with E-state index >= 15 is 0 Å². The van der Waals surface area contributed by atoms with Crippen molar-refractivity contribution in [1.29, 1.82) is 0 Å². The number of halogens is 1. The minimum Gasteiger partial charge on any atom is -0.299 e. The topological polar surface area (TPSA) is 17.1 Å². The molecule has 0 N–H and O–H groups in total. The van der Waals surface area contributed by atoms with Gasteiger partial charge in [-0.1, -0.05) is 18.5 Å². The molecule has 0 rings (SSSR count). The van der Waals surface area contributed by atoms with E-state index in [1.54, 1.807) is 0 Å². The van der Waals surface area contributed by atoms with Gasteiger partial charge in [0, 0.05) is 5.03 Å². The molecule has 0 bridgehead atoms. The molecule has 0 fully saturated rings. The van der Waals surface area contributed by atoms with Crippen LogP contribution in [0.3, 0.4) is 0 Å². The van der Waals surface area contributed by atoms with Crippen molar-refractivity contribution in [2.75, 3.05) is 0 Å². The van der Waals surface area contributed by atoms with Crippen molar-refractivity contribution in [1.82, 2.24) is 0 Å². The Hall–Kier alpha value is -0.300. The first kappa shape index (κ1) is 6.70. The van der Waals surface area contributed by atoms with E-state index in [9.17, 15) is 4.79 Å². The maximum absolute atomic E-state index is 9.61. The van der Waals surface area contributed by atoms with Crippen LogP contribution >= 0.6 is 11.6 Å². The fraction of sp³-hybridized carbons (Fsp3) is 0.400. The van der Waals surface area contributed by atoms with Crippen LogP contribution in [0.5, 0.6) is 0 Å². The molecule has 0 aromatic carbocycles. The van der Waals surface area contributed by atoms with Gasteiger partial charge in [0.25, 0.3) is 0 Å². The van der Waals surface area contributed by atoms with Gasteiger partial charge < -0.3 is 0 Å². The van der Waals surface area contributed by atoms with Crippen molar-refractivity contribution >= 4 is 17.9 Å². The number of hydrogen-bond donors (Lipinski definition) is 0. The number of aldehydes is 1. The van der Waals surface area contributed by atoms with Crippen molar-refractivity contribution in [3.05, 3.63) is 11.1 Å². The van der Waals surface area contributed by atoms with Gasteiger partial charge >= 0.3 is 0 Å². The van der Waals surface area contributed by atoms with Gasteiger partial charge in [0.15, 0.2) is 0 Å². The van der Waals surface area contributed by atoms with Crippen LogP contribution in [0, 0.1) is 0 Å². The van der Waals surface area contributed by atoms with Crippen molar-refractivity contribution in [2.24, 2.45) is 0 Å². The number of rotatable bonds is 2. The first-order chi connectivity index (χ1) is 3.31. The second-order valence-corrected chi connectivity index (χ2v) is 1.59. The van der Waals surface area contributed by atoms with Crippen LogP contribution in [0.2, 0.25) is 0 Å². The molecule has 0 radical (unpaired) electrons. The van der Waals surface area contributed by atoms with Gasteiger partial charge in [0.1, 0.15) is 6.29 Å². The lowest BCUT2D eigenvalue weighted by molar-refractivity contribution is -0.104. The zero-order valence-electron chi connectivity index (χ0n) is 4.15. The first-order valence-electron chi connectivity index (χ1n) is 2.11. The summed E-state index contributed by atoms with van der Waals surface area (Å²) < 4.78 is 0. The zero-order chi connectivity index (χ0) is 5.70. The average Bonchev–Trinajstić information content (AvgIpc) is 1.68. The number of carbonyl (C=O) groups excluding carboxylic acids is 1. The second kappa shape index (κ2) is 3.88. The molecular weight excluding hydrogens is 112 g/mol. The Morgan fingerprint density at radius 2 is 2.43 bits per heavy atom. The molecule has 0 spiro atoms. The highest BCUT2D eigenvalue weighted by atomic mass is 35.5. The van der Waals surface area contributed by atoms with E-state index in [1.807, 2.05) is 6.92 Å². The van der Waals surface area contributed by atoms with E-state index in [4.69, 9.17) is 11.6 Å². The molecule has 0 atom stereocenters. The normalized spacial score (nSPS) is 11.4. The fourth-order valence-corrected chi connectivity index (χ4v) is 0.243. The third-order valence-corrected chi connectivity index (χ3v) is 0.980. The Bertz CT molecular complexity index is 86.1. The van der Waals surface area contributed by atoms with Crippen molar-refractivity contribution in [3.63, 3.8) is 0 Å². The van der Waals surface area contributed by atoms with E-state index in [-0.39, 0.29) is 0 Å². The van der Waals surface area contributed by atoms with Gasteiger partial charge in [-0.25, -0.2) is 0 Å². The third kappa shape index (κ3) is 3.53. The molecule has 0 aliphatic rings. The summed E-state index contributed by atoms with van der Waals surface area (Å²) in [4.78, 5) is 9.61. The van der Waals surface area contributed by atoms with Gasteiger partial charge in [-0.3, -0.25) is 4.79 Å². The molecule has 0 amide bonds. The molecule has 40 valence electrons. The summed E-state index contributed by atoms with van der Waals surface area (Å²) >= 11 is 5.40. The van der Waals surface area contributed by atoms with E-state index in [0.29, 0.717) is 11.3 Å². The summed E-state index contributed by atoms with van der Waals surface area (Å²) in [5, 5.41) is 0.606. The highest BCUT2D eigenvalue weighted by molar-refractivity contribution is 6.30. The molecule has 0 saturated carbocycles. The molecule has 0 aromatic rings. The fourth-order valence-electron chi connectivity index (χ4n) is 0.192. The maximum atomic E-state index is 9.61. The Balaban J connectivity index is 3.49. The van der Waals surface area contributed by atoms with Crippen LogP contribution in [0.25, 0.3) is 0 Å². The largest absolute Gasteiger partial charge is 0.299 e. The molecule has 0 heterocycles. The summed E-state index contributed by atoms with van der Waals surface area (Å²) in [6.07, 6.45) is 2.77. The number of hydrogen-bond acceptors (Lipinski definition) is 1. The summed E-state index contributed by atoms with van der Waals surface area (Å²) in [5.74, 6) is 0. The molecule has 7 heavy (non-hydrogen) atoms. The quantitative estimate of drug-likeness (QED) is 0.399. The van der Waals surface area contributed by atoms with E-state index in [1.165, 1.54) is 6.08 Å². The molecular formula is C5H7ClO. The summed E-state index contributed by atoms with van der Waals surface area (Å²) in [7, 11) is 0. The van der Waals surface area contributed by atoms with Crippen molar-refractivity contribution < 1.29 is 4.79 Å². The van der Waals surface area contributed by atoms with Crippen molar-refractivity contribution in [2.45, 2.75) is 13.3 Å². The van der Waals surface area contributed by atoms with Crippen molar-refractivity contribution in [3.8, 4) is 0 Å². The minimum absolute atomic E-state index is 0.606. The van der Waals surface area contributed by atoms with Crippen LogP contribution in [-0.2, 0) is 4.79 Å². The van der Waals surface area contributed by atoms with Crippen LogP contribution in [0.4, 0.5) is 0 Å². The maximum Gasteiger partial charge on any atom is 0.143 e. The van der Waals surface area contributed by atoms with Crippen LogP contribution in [-0.4, -0.2) is 6.29 Å². The van der Waals surface area contributed by atoms with Gasteiger partial charge in [0.2, 0.25) is 0 Å². The lowest BCUT2D eigenvalue weighted by Crippen LogP contribution is -1.66. The van der Waals surface area contributed by atoms with E-state index in [2.05, 4.69) is 0 Å². The van der Waals surface area contributed by atoms with Gasteiger partial charge in [-0.15, -0.1) is 0 Å². The SMILES string of the molecule is CC/C(Cl)=C/C=O. The van der Waals surface area contributed by atoms with Crippen LogP contribution in [0.15, 0.2) is 11.1 Å². The Kier molecular flexibility index (Phi) is 3.71. The molecule has 0 aliphatic heterocycles. The first-order valence-corrected chi connectivity index (χ1v) is 2.49. The van der Waals surface area contributed by atoms with Gasteiger partial charge in [-0.05, 0) is 12.5 Å². The standard InChI is InChI=1S/C5H7ClO/c1-2-5(6)3-4-7/h3-4H,2H2,1H3/b5-3-. The highest BCUT2D eigenvalue weighted by Crippen LogP contribution is 2.02. The third-order valence-electron chi connectivity index (χ3n) is 0.587. The van der Waals surface area contributed by atoms with E-state index < -0.39 is 0 Å². The smallest absolute Gasteiger partial charge is 0.143 e. The predicted molar refractivity (Wildman–Crippen MR) is 30.3 cm³/mol. The Morgan fingerprint density at radius 1 is 1.86 bits per heavy atom. The minimum atomic E-state index is 0.606. The summed E-state index contributed by atoms with van der Waals surface area (Å²) in [5.41, 5.74) is 0. The number of allylic oxidation sites excluding steroid dienone is 2. The monoisotopic (exact) mass is 118 g/mol. The summed E-state index contributed by atoms with van der Waals surface area (Å²) in [6.45, 7) is 1.89. The predicted octanol–water partition coefficient (Wildman–Crippen LogP) is 1.72. The zero-order valence-corrected chi connectivity index (χ0v) is 4.90. The lowest BCUT2D eigenvalue weighted by Gasteiger charge is -1.81. The molecule has 0 aliphatic carbocycles. The highest BCUT2D eigenvalue weighted by Gasteiger charge is 1.80. The lowest BCUT2D eigenvalue weighted by atomic mass is 10.4. The Labute approximate surface area is 48.0 Å². The van der Waals surface area contributed by atoms with Crippen LogP contribution < -0.4 is 0 Å². The van der Waals surface area contributed by atoms with Gasteiger partial charge in [-0.2, -0.15) is 0 Å². The molecule has 2 heteroatoms. The van der Waals surface area contributed by atoms with E-state index in [0.717, 1.165) is 6.42 Å². The number of carbonyl (C=O) groups is 1. The van der Waals surface area contributed by atoms with Crippen LogP contribution in [0.1, 0.15) is 13.3 Å². The molecule has 0 saturated heterocycles. The average molecular weight is 119 g/mol. The summed E-state index contributed by atoms with van der Waals surface area (Å²) in [6, 6.07) is 0.